The van der Waals surface area contributed by atoms with Gasteiger partial charge in [-0.2, -0.15) is 0 Å². The molecule has 0 radical (unpaired) electrons. The summed E-state index contributed by atoms with van der Waals surface area (Å²) in [7, 11) is 0. The third kappa shape index (κ3) is 3.00. The molecule has 0 bridgehead atoms. The normalized spacial score (nSPS) is 10.9. The molecule has 0 fully saturated rings. The van der Waals surface area contributed by atoms with Crippen molar-refractivity contribution in [3.63, 3.8) is 0 Å². The number of imidazole rings is 1. The monoisotopic (exact) mass is 308 g/mol. The van der Waals surface area contributed by atoms with E-state index < -0.39 is 0 Å². The molecule has 0 saturated heterocycles. The Bertz CT molecular complexity index is 652. The van der Waals surface area contributed by atoms with Crippen LogP contribution in [0.5, 0.6) is 11.5 Å². The van der Waals surface area contributed by atoms with Crippen molar-refractivity contribution in [2.24, 2.45) is 0 Å². The van der Waals surface area contributed by atoms with E-state index in [1.54, 1.807) is 4.57 Å². The molecule has 0 unspecified atom stereocenters. The molecule has 0 atom stereocenters. The second kappa shape index (κ2) is 6.85. The van der Waals surface area contributed by atoms with Crippen molar-refractivity contribution in [2.45, 2.75) is 32.3 Å². The van der Waals surface area contributed by atoms with Crippen LogP contribution in [0.25, 0.3) is 11.0 Å². The van der Waals surface area contributed by atoms with E-state index in [2.05, 4.69) is 4.98 Å². The smallest absolute Gasteiger partial charge is 0.232 e. The van der Waals surface area contributed by atoms with Crippen molar-refractivity contribution in [1.82, 2.24) is 9.55 Å². The molecule has 1 aromatic carbocycles. The molecule has 0 saturated carbocycles. The third-order valence-corrected chi connectivity index (χ3v) is 3.66. The summed E-state index contributed by atoms with van der Waals surface area (Å²) in [5, 5.41) is 0.688. The lowest BCUT2D eigenvalue weighted by molar-refractivity contribution is 0.0903. The maximum Gasteiger partial charge on any atom is 0.232 e. The largest absolute Gasteiger partial charge is 0.490 e. The van der Waals surface area contributed by atoms with E-state index in [9.17, 15) is 4.79 Å². The van der Waals surface area contributed by atoms with Gasteiger partial charge in [-0.25, -0.2) is 4.98 Å². The molecule has 21 heavy (non-hydrogen) atoms. The highest BCUT2D eigenvalue weighted by molar-refractivity contribution is 7.98. The minimum absolute atomic E-state index is 0.0217. The van der Waals surface area contributed by atoms with Gasteiger partial charge < -0.3 is 9.47 Å². The summed E-state index contributed by atoms with van der Waals surface area (Å²) in [5.74, 6) is 1.33. The molecule has 1 aromatic heterocycles. The molecule has 0 N–H and O–H groups in total. The van der Waals surface area contributed by atoms with Gasteiger partial charge in [0.25, 0.3) is 0 Å². The number of hydrogen-bond acceptors (Lipinski definition) is 5. The van der Waals surface area contributed by atoms with E-state index in [0.29, 0.717) is 36.3 Å². The van der Waals surface area contributed by atoms with Crippen molar-refractivity contribution in [3.8, 4) is 11.5 Å². The van der Waals surface area contributed by atoms with Crippen LogP contribution < -0.4 is 9.47 Å². The average molecular weight is 308 g/mol. The number of carbonyl (C=O) groups is 1. The lowest BCUT2D eigenvalue weighted by atomic mass is 10.2. The summed E-state index contributed by atoms with van der Waals surface area (Å²) in [6.07, 6.45) is 2.34. The van der Waals surface area contributed by atoms with Gasteiger partial charge in [-0.15, -0.1) is 0 Å². The molecular formula is C15H20N2O3S. The summed E-state index contributed by atoms with van der Waals surface area (Å²) >= 11 is 1.45. The number of aromatic nitrogens is 2. The molecule has 1 heterocycles. The fourth-order valence-corrected chi connectivity index (χ4v) is 2.71. The van der Waals surface area contributed by atoms with E-state index in [4.69, 9.17) is 9.47 Å². The molecule has 0 aliphatic rings. The fourth-order valence-electron chi connectivity index (χ4n) is 2.14. The first-order valence-electron chi connectivity index (χ1n) is 7.05. The summed E-state index contributed by atoms with van der Waals surface area (Å²) < 4.78 is 12.9. The van der Waals surface area contributed by atoms with E-state index in [1.165, 1.54) is 11.8 Å². The SMILES string of the molecule is CCOc1cc2nc(SC)n(C(=O)CC)c2cc1OCC. The lowest BCUT2D eigenvalue weighted by Crippen LogP contribution is -2.10. The number of benzene rings is 1. The van der Waals surface area contributed by atoms with Crippen LogP contribution in [-0.2, 0) is 0 Å². The minimum atomic E-state index is 0.0217. The van der Waals surface area contributed by atoms with Crippen LogP contribution in [0.2, 0.25) is 0 Å². The zero-order valence-electron chi connectivity index (χ0n) is 12.8. The number of rotatable bonds is 6. The van der Waals surface area contributed by atoms with Crippen LogP contribution in [0.3, 0.4) is 0 Å². The van der Waals surface area contributed by atoms with Gasteiger partial charge in [-0.1, -0.05) is 18.7 Å². The Hall–Kier alpha value is -1.69. The number of hydrogen-bond donors (Lipinski definition) is 0. The Morgan fingerprint density at radius 1 is 1.19 bits per heavy atom. The first-order chi connectivity index (χ1) is 10.2. The zero-order chi connectivity index (χ0) is 15.4. The zero-order valence-corrected chi connectivity index (χ0v) is 13.6. The third-order valence-electron chi connectivity index (χ3n) is 3.02. The second-order valence-electron chi connectivity index (χ2n) is 4.33. The summed E-state index contributed by atoms with van der Waals surface area (Å²) in [6.45, 7) is 6.77. The minimum Gasteiger partial charge on any atom is -0.490 e. The first kappa shape index (κ1) is 15.7. The molecular weight excluding hydrogens is 288 g/mol. The number of ether oxygens (including phenoxy) is 2. The van der Waals surface area contributed by atoms with Gasteiger partial charge in [-0.05, 0) is 20.1 Å². The predicted octanol–water partition coefficient (Wildman–Crippen LogP) is 3.61. The highest BCUT2D eigenvalue weighted by atomic mass is 32.2. The Balaban J connectivity index is 2.67. The first-order valence-corrected chi connectivity index (χ1v) is 8.27. The van der Waals surface area contributed by atoms with E-state index in [-0.39, 0.29) is 5.91 Å². The van der Waals surface area contributed by atoms with Crippen LogP contribution in [0.1, 0.15) is 32.0 Å². The topological polar surface area (TPSA) is 53.4 Å². The van der Waals surface area contributed by atoms with E-state index in [1.807, 2.05) is 39.2 Å². The fraction of sp³-hybridized carbons (Fsp3) is 0.467. The van der Waals surface area contributed by atoms with Crippen molar-refractivity contribution in [3.05, 3.63) is 12.1 Å². The number of nitrogens with zero attached hydrogens (tertiary/aromatic N) is 2. The van der Waals surface area contributed by atoms with E-state index >= 15 is 0 Å². The lowest BCUT2D eigenvalue weighted by Gasteiger charge is -2.11. The maximum atomic E-state index is 12.2. The molecule has 0 spiro atoms. The Morgan fingerprint density at radius 2 is 1.81 bits per heavy atom. The predicted molar refractivity (Wildman–Crippen MR) is 84.8 cm³/mol. The molecule has 0 aliphatic heterocycles. The number of carbonyl (C=O) groups excluding carboxylic acids is 1. The standard InChI is InChI=1S/C15H20N2O3S/c1-5-14(18)17-11-9-13(20-7-3)12(19-6-2)8-10(11)16-15(17)21-4/h8-9H,5-7H2,1-4H3. The van der Waals surface area contributed by atoms with Crippen molar-refractivity contribution in [1.29, 1.82) is 0 Å². The van der Waals surface area contributed by atoms with Crippen molar-refractivity contribution < 1.29 is 14.3 Å². The van der Waals surface area contributed by atoms with Gasteiger partial charge in [-0.3, -0.25) is 9.36 Å². The Kier molecular flexibility index (Phi) is 5.12. The molecule has 2 rings (SSSR count). The van der Waals surface area contributed by atoms with Gasteiger partial charge in [0.2, 0.25) is 5.91 Å². The molecule has 0 amide bonds. The quantitative estimate of drug-likeness (QED) is 0.763. The summed E-state index contributed by atoms with van der Waals surface area (Å²) in [5.41, 5.74) is 1.51. The highest BCUT2D eigenvalue weighted by Crippen LogP contribution is 2.34. The summed E-state index contributed by atoms with van der Waals surface area (Å²) in [4.78, 5) is 16.7. The Morgan fingerprint density at radius 3 is 2.33 bits per heavy atom. The Labute approximate surface area is 128 Å². The maximum absolute atomic E-state index is 12.2. The van der Waals surface area contributed by atoms with Crippen LogP contribution in [0.15, 0.2) is 17.3 Å². The molecule has 5 nitrogen and oxygen atoms in total. The second-order valence-corrected chi connectivity index (χ2v) is 5.11. The van der Waals surface area contributed by atoms with Crippen molar-refractivity contribution >= 4 is 28.7 Å². The van der Waals surface area contributed by atoms with Crippen LogP contribution in [0, 0.1) is 0 Å². The summed E-state index contributed by atoms with van der Waals surface area (Å²) in [6, 6.07) is 3.67. The van der Waals surface area contributed by atoms with Gasteiger partial charge in [0, 0.05) is 18.6 Å². The van der Waals surface area contributed by atoms with E-state index in [0.717, 1.165) is 11.0 Å². The van der Waals surface area contributed by atoms with Gasteiger partial charge in [0.15, 0.2) is 16.7 Å². The molecule has 2 aromatic rings. The van der Waals surface area contributed by atoms with Gasteiger partial charge in [0.1, 0.15) is 0 Å². The molecule has 114 valence electrons. The number of fused-ring (bicyclic) bond motifs is 1. The van der Waals surface area contributed by atoms with Gasteiger partial charge >= 0.3 is 0 Å². The van der Waals surface area contributed by atoms with Crippen LogP contribution >= 0.6 is 11.8 Å². The molecule has 6 heteroatoms. The number of thioether (sulfide) groups is 1. The molecule has 0 aliphatic carbocycles. The van der Waals surface area contributed by atoms with Crippen molar-refractivity contribution in [2.75, 3.05) is 19.5 Å². The van der Waals surface area contributed by atoms with Crippen LogP contribution in [0.4, 0.5) is 0 Å². The average Bonchev–Trinajstić information content (AvgIpc) is 2.84. The van der Waals surface area contributed by atoms with Gasteiger partial charge in [0.05, 0.1) is 24.2 Å². The highest BCUT2D eigenvalue weighted by Gasteiger charge is 2.18. The van der Waals surface area contributed by atoms with Crippen LogP contribution in [-0.4, -0.2) is 34.9 Å².